The van der Waals surface area contributed by atoms with Crippen LogP contribution in [0.2, 0.25) is 0 Å². The number of likely N-dealkylation sites (N-methyl/N-ethyl adjacent to an activating group) is 1. The molecule has 4 nitrogen and oxygen atoms in total. The van der Waals surface area contributed by atoms with Crippen molar-refractivity contribution in [3.05, 3.63) is 66.2 Å². The molecule has 0 fully saturated rings. The summed E-state index contributed by atoms with van der Waals surface area (Å²) < 4.78 is 5.72. The third-order valence-corrected chi connectivity index (χ3v) is 3.55. The van der Waals surface area contributed by atoms with E-state index in [0.29, 0.717) is 6.61 Å². The Balaban J connectivity index is 1.70. The quantitative estimate of drug-likeness (QED) is 0.631. The minimum absolute atomic E-state index is 0.625. The smallest absolute Gasteiger partial charge is 0.193 e. The van der Waals surface area contributed by atoms with Crippen LogP contribution in [0.25, 0.3) is 0 Å². The van der Waals surface area contributed by atoms with E-state index in [2.05, 4.69) is 39.5 Å². The van der Waals surface area contributed by atoms with Gasteiger partial charge in [0.15, 0.2) is 5.96 Å². The van der Waals surface area contributed by atoms with Gasteiger partial charge in [-0.25, -0.2) is 0 Å². The SMILES string of the molecule is CN=C(NCCc1ccccc1)N(C)CCOc1ccccc1. The lowest BCUT2D eigenvalue weighted by atomic mass is 10.1. The van der Waals surface area contributed by atoms with Crippen molar-refractivity contribution in [3.8, 4) is 5.75 Å². The summed E-state index contributed by atoms with van der Waals surface area (Å²) in [4.78, 5) is 6.40. The summed E-state index contributed by atoms with van der Waals surface area (Å²) in [5.41, 5.74) is 1.32. The third-order valence-electron chi connectivity index (χ3n) is 3.55. The van der Waals surface area contributed by atoms with E-state index in [1.54, 1.807) is 7.05 Å². The van der Waals surface area contributed by atoms with E-state index in [1.165, 1.54) is 5.56 Å². The van der Waals surface area contributed by atoms with Gasteiger partial charge in [-0.3, -0.25) is 4.99 Å². The molecule has 0 saturated carbocycles. The van der Waals surface area contributed by atoms with Gasteiger partial charge in [0, 0.05) is 20.6 Å². The predicted octanol–water partition coefficient (Wildman–Crippen LogP) is 2.82. The number of guanidine groups is 1. The number of nitrogens with zero attached hydrogens (tertiary/aromatic N) is 2. The second-order valence-corrected chi connectivity index (χ2v) is 5.29. The molecule has 0 unspecified atom stereocenters. The topological polar surface area (TPSA) is 36.9 Å². The van der Waals surface area contributed by atoms with Gasteiger partial charge in [-0.2, -0.15) is 0 Å². The lowest BCUT2D eigenvalue weighted by Crippen LogP contribution is -2.41. The van der Waals surface area contributed by atoms with Crippen LogP contribution >= 0.6 is 0 Å². The predicted molar refractivity (Wildman–Crippen MR) is 96.1 cm³/mol. The summed E-state index contributed by atoms with van der Waals surface area (Å²) in [5, 5.41) is 3.39. The maximum atomic E-state index is 5.72. The zero-order chi connectivity index (χ0) is 16.3. The van der Waals surface area contributed by atoms with Crippen molar-refractivity contribution in [3.63, 3.8) is 0 Å². The maximum Gasteiger partial charge on any atom is 0.193 e. The average Bonchev–Trinajstić information content (AvgIpc) is 2.60. The highest BCUT2D eigenvalue weighted by Gasteiger charge is 2.05. The molecule has 0 aliphatic heterocycles. The Morgan fingerprint density at radius 2 is 1.70 bits per heavy atom. The van der Waals surface area contributed by atoms with Gasteiger partial charge in [-0.15, -0.1) is 0 Å². The molecule has 1 N–H and O–H groups in total. The highest BCUT2D eigenvalue weighted by Crippen LogP contribution is 2.07. The molecule has 0 saturated heterocycles. The fraction of sp³-hybridized carbons (Fsp3) is 0.316. The van der Waals surface area contributed by atoms with E-state index in [-0.39, 0.29) is 0 Å². The first-order chi connectivity index (χ1) is 11.3. The molecule has 0 aliphatic rings. The Hall–Kier alpha value is -2.49. The molecule has 0 aliphatic carbocycles. The Labute approximate surface area is 138 Å². The molecular weight excluding hydrogens is 286 g/mol. The van der Waals surface area contributed by atoms with Crippen molar-refractivity contribution in [1.29, 1.82) is 0 Å². The van der Waals surface area contributed by atoms with Crippen LogP contribution in [0.15, 0.2) is 65.7 Å². The highest BCUT2D eigenvalue weighted by molar-refractivity contribution is 5.79. The molecule has 0 bridgehead atoms. The highest BCUT2D eigenvalue weighted by atomic mass is 16.5. The van der Waals surface area contributed by atoms with Crippen LogP contribution in [0, 0.1) is 0 Å². The normalized spacial score (nSPS) is 11.1. The Bertz CT molecular complexity index is 584. The standard InChI is InChI=1S/C19H25N3O/c1-20-19(21-14-13-17-9-5-3-6-10-17)22(2)15-16-23-18-11-7-4-8-12-18/h3-12H,13-16H2,1-2H3,(H,20,21). The van der Waals surface area contributed by atoms with Gasteiger partial charge in [0.1, 0.15) is 12.4 Å². The Morgan fingerprint density at radius 3 is 2.35 bits per heavy atom. The molecule has 0 radical (unpaired) electrons. The van der Waals surface area contributed by atoms with E-state index in [1.807, 2.05) is 43.4 Å². The van der Waals surface area contributed by atoms with Crippen molar-refractivity contribution >= 4 is 5.96 Å². The molecular formula is C19H25N3O. The number of benzene rings is 2. The molecule has 0 amide bonds. The number of hydrogen-bond donors (Lipinski definition) is 1. The monoisotopic (exact) mass is 311 g/mol. The van der Waals surface area contributed by atoms with E-state index in [9.17, 15) is 0 Å². The van der Waals surface area contributed by atoms with Gasteiger partial charge in [0.05, 0.1) is 6.54 Å². The minimum Gasteiger partial charge on any atom is -0.492 e. The summed E-state index contributed by atoms with van der Waals surface area (Å²) in [6.07, 6.45) is 0.980. The van der Waals surface area contributed by atoms with Crippen LogP contribution < -0.4 is 10.1 Å². The molecule has 0 atom stereocenters. The number of hydrogen-bond acceptors (Lipinski definition) is 2. The molecule has 2 aromatic carbocycles. The van der Waals surface area contributed by atoms with Gasteiger partial charge in [0.2, 0.25) is 0 Å². The Morgan fingerprint density at radius 1 is 1.04 bits per heavy atom. The van der Waals surface area contributed by atoms with Crippen LogP contribution in [0.5, 0.6) is 5.75 Å². The van der Waals surface area contributed by atoms with Crippen LogP contribution in [0.3, 0.4) is 0 Å². The van der Waals surface area contributed by atoms with Crippen molar-refractivity contribution in [2.45, 2.75) is 6.42 Å². The maximum absolute atomic E-state index is 5.72. The van der Waals surface area contributed by atoms with Gasteiger partial charge in [0.25, 0.3) is 0 Å². The third kappa shape index (κ3) is 6.02. The largest absolute Gasteiger partial charge is 0.492 e. The molecule has 2 aromatic rings. The fourth-order valence-electron chi connectivity index (χ4n) is 2.27. The minimum atomic E-state index is 0.625. The van der Waals surface area contributed by atoms with Crippen molar-refractivity contribution in [2.24, 2.45) is 4.99 Å². The first kappa shape index (κ1) is 16.9. The van der Waals surface area contributed by atoms with Crippen LogP contribution in [0.1, 0.15) is 5.56 Å². The Kier molecular flexibility index (Phi) is 6.98. The second-order valence-electron chi connectivity index (χ2n) is 5.29. The van der Waals surface area contributed by atoms with Crippen molar-refractivity contribution in [1.82, 2.24) is 10.2 Å². The number of nitrogens with one attached hydrogen (secondary N) is 1. The average molecular weight is 311 g/mol. The molecule has 4 heteroatoms. The lowest BCUT2D eigenvalue weighted by Gasteiger charge is -2.22. The molecule has 0 aromatic heterocycles. The number of aliphatic imine (C=N–C) groups is 1. The summed E-state index contributed by atoms with van der Waals surface area (Å²) in [6.45, 7) is 2.26. The van der Waals surface area contributed by atoms with Crippen LogP contribution in [0.4, 0.5) is 0 Å². The number of rotatable bonds is 7. The van der Waals surface area contributed by atoms with Crippen LogP contribution in [-0.4, -0.2) is 44.7 Å². The van der Waals surface area contributed by atoms with E-state index < -0.39 is 0 Å². The molecule has 2 rings (SSSR count). The zero-order valence-corrected chi connectivity index (χ0v) is 13.9. The second kappa shape index (κ2) is 9.51. The van der Waals surface area contributed by atoms with Gasteiger partial charge in [-0.1, -0.05) is 48.5 Å². The summed E-state index contributed by atoms with van der Waals surface area (Å²) in [5.74, 6) is 1.78. The van der Waals surface area contributed by atoms with E-state index in [4.69, 9.17) is 4.74 Å². The lowest BCUT2D eigenvalue weighted by molar-refractivity contribution is 0.281. The zero-order valence-electron chi connectivity index (χ0n) is 13.9. The first-order valence-electron chi connectivity index (χ1n) is 7.93. The van der Waals surface area contributed by atoms with Crippen LogP contribution in [-0.2, 0) is 6.42 Å². The summed E-state index contributed by atoms with van der Waals surface area (Å²) in [7, 11) is 3.83. The number of para-hydroxylation sites is 1. The van der Waals surface area contributed by atoms with Gasteiger partial charge in [-0.05, 0) is 24.1 Å². The van der Waals surface area contributed by atoms with Gasteiger partial charge < -0.3 is 15.0 Å². The van der Waals surface area contributed by atoms with Gasteiger partial charge >= 0.3 is 0 Å². The summed E-state index contributed by atoms with van der Waals surface area (Å²) >= 11 is 0. The van der Waals surface area contributed by atoms with E-state index in [0.717, 1.165) is 31.2 Å². The van der Waals surface area contributed by atoms with Crippen molar-refractivity contribution < 1.29 is 4.74 Å². The summed E-state index contributed by atoms with van der Waals surface area (Å²) in [6, 6.07) is 20.3. The molecule has 122 valence electrons. The van der Waals surface area contributed by atoms with Crippen molar-refractivity contribution in [2.75, 3.05) is 33.8 Å². The fourth-order valence-corrected chi connectivity index (χ4v) is 2.27. The molecule has 0 heterocycles. The first-order valence-corrected chi connectivity index (χ1v) is 7.93. The molecule has 0 spiro atoms. The van der Waals surface area contributed by atoms with E-state index >= 15 is 0 Å². The number of ether oxygens (including phenoxy) is 1. The molecule has 23 heavy (non-hydrogen) atoms.